The first-order valence-corrected chi connectivity index (χ1v) is 7.16. The smallest absolute Gasteiger partial charge is 0.221 e. The van der Waals surface area contributed by atoms with Crippen molar-refractivity contribution in [1.82, 2.24) is 10.6 Å². The molecule has 19 heavy (non-hydrogen) atoms. The summed E-state index contributed by atoms with van der Waals surface area (Å²) in [6.07, 6.45) is 6.02. The maximum Gasteiger partial charge on any atom is 0.221 e. The van der Waals surface area contributed by atoms with E-state index in [1.807, 2.05) is 0 Å². The highest BCUT2D eigenvalue weighted by atomic mass is 16.5. The number of hydrogen-bond donors (Lipinski definition) is 2. The summed E-state index contributed by atoms with van der Waals surface area (Å²) in [6, 6.07) is 2.64. The van der Waals surface area contributed by atoms with Crippen LogP contribution in [0.15, 0.2) is 0 Å². The molecule has 1 saturated carbocycles. The summed E-state index contributed by atoms with van der Waals surface area (Å²) in [7, 11) is 1.61. The van der Waals surface area contributed by atoms with Crippen molar-refractivity contribution >= 4 is 5.91 Å². The van der Waals surface area contributed by atoms with Crippen molar-refractivity contribution in [3.8, 4) is 6.07 Å². The second kappa shape index (κ2) is 9.76. The number of carbonyl (C=O) groups excluding carboxylic acids is 1. The van der Waals surface area contributed by atoms with Gasteiger partial charge < -0.3 is 15.4 Å². The van der Waals surface area contributed by atoms with E-state index in [2.05, 4.69) is 16.7 Å². The summed E-state index contributed by atoms with van der Waals surface area (Å²) in [5.41, 5.74) is 0. The van der Waals surface area contributed by atoms with E-state index in [1.165, 1.54) is 12.8 Å². The number of carbonyl (C=O) groups is 1. The summed E-state index contributed by atoms with van der Waals surface area (Å²) in [5, 5.41) is 15.3. The zero-order chi connectivity index (χ0) is 13.9. The zero-order valence-corrected chi connectivity index (χ0v) is 11.8. The predicted octanol–water partition coefficient (Wildman–Crippen LogP) is 1.20. The Morgan fingerprint density at radius 3 is 2.84 bits per heavy atom. The van der Waals surface area contributed by atoms with E-state index in [-0.39, 0.29) is 17.9 Å². The lowest BCUT2D eigenvalue weighted by atomic mass is 9.96. The molecule has 1 aliphatic carbocycles. The van der Waals surface area contributed by atoms with Crippen molar-refractivity contribution in [2.75, 3.05) is 26.8 Å². The highest BCUT2D eigenvalue weighted by molar-refractivity contribution is 5.76. The number of rotatable bonds is 7. The third kappa shape index (κ3) is 6.55. The van der Waals surface area contributed by atoms with Gasteiger partial charge in [0.2, 0.25) is 5.91 Å². The van der Waals surface area contributed by atoms with Gasteiger partial charge in [0.1, 0.15) is 0 Å². The minimum Gasteiger partial charge on any atom is -0.383 e. The molecule has 0 aromatic carbocycles. The van der Waals surface area contributed by atoms with E-state index in [0.29, 0.717) is 26.1 Å². The molecule has 0 bridgehead atoms. The van der Waals surface area contributed by atoms with Crippen LogP contribution in [0.3, 0.4) is 0 Å². The Morgan fingerprint density at radius 2 is 2.11 bits per heavy atom. The molecular formula is C14H25N3O2. The highest BCUT2D eigenvalue weighted by Gasteiger charge is 2.22. The second-order valence-electron chi connectivity index (χ2n) is 5.03. The minimum atomic E-state index is 0.0340. The molecule has 0 heterocycles. The Bertz CT molecular complexity index is 302. The molecule has 1 amide bonds. The van der Waals surface area contributed by atoms with Crippen molar-refractivity contribution in [2.24, 2.45) is 5.92 Å². The van der Waals surface area contributed by atoms with E-state index >= 15 is 0 Å². The average Bonchev–Trinajstić information content (AvgIpc) is 2.64. The molecule has 1 fully saturated rings. The Morgan fingerprint density at radius 1 is 1.32 bits per heavy atom. The third-order valence-electron chi connectivity index (χ3n) is 3.57. The fourth-order valence-corrected chi connectivity index (χ4v) is 2.46. The van der Waals surface area contributed by atoms with E-state index < -0.39 is 0 Å². The lowest BCUT2D eigenvalue weighted by Gasteiger charge is -2.20. The van der Waals surface area contributed by atoms with E-state index in [0.717, 1.165) is 19.3 Å². The van der Waals surface area contributed by atoms with Crippen LogP contribution in [-0.4, -0.2) is 38.8 Å². The molecular weight excluding hydrogens is 242 g/mol. The summed E-state index contributed by atoms with van der Waals surface area (Å²) >= 11 is 0. The number of nitrogens with zero attached hydrogens (tertiary/aromatic N) is 1. The van der Waals surface area contributed by atoms with Gasteiger partial charge in [-0.05, 0) is 12.8 Å². The van der Waals surface area contributed by atoms with Crippen LogP contribution in [0.4, 0.5) is 0 Å². The molecule has 1 aliphatic rings. The Kier molecular flexibility index (Phi) is 8.19. The third-order valence-corrected chi connectivity index (χ3v) is 3.57. The normalized spacial score (nSPS) is 23.4. The Balaban J connectivity index is 2.19. The van der Waals surface area contributed by atoms with Crippen LogP contribution in [0.1, 0.15) is 38.5 Å². The molecule has 108 valence electrons. The quantitative estimate of drug-likeness (QED) is 0.537. The molecule has 5 nitrogen and oxygen atoms in total. The lowest BCUT2D eigenvalue weighted by Crippen LogP contribution is -2.38. The van der Waals surface area contributed by atoms with E-state index in [1.54, 1.807) is 7.11 Å². The summed E-state index contributed by atoms with van der Waals surface area (Å²) in [5.74, 6) is 0.130. The van der Waals surface area contributed by atoms with Gasteiger partial charge in [-0.3, -0.25) is 4.79 Å². The Labute approximate surface area is 115 Å². The molecule has 2 unspecified atom stereocenters. The van der Waals surface area contributed by atoms with Gasteiger partial charge in [0.25, 0.3) is 0 Å². The molecule has 0 spiro atoms. The molecule has 0 saturated heterocycles. The summed E-state index contributed by atoms with van der Waals surface area (Å²) in [6.45, 7) is 1.74. The van der Waals surface area contributed by atoms with Crippen LogP contribution >= 0.6 is 0 Å². The van der Waals surface area contributed by atoms with E-state index in [4.69, 9.17) is 10.00 Å². The van der Waals surface area contributed by atoms with Gasteiger partial charge in [0.05, 0.1) is 18.6 Å². The first-order chi connectivity index (χ1) is 9.27. The second-order valence-corrected chi connectivity index (χ2v) is 5.03. The van der Waals surface area contributed by atoms with Crippen LogP contribution in [0, 0.1) is 17.2 Å². The topological polar surface area (TPSA) is 74.2 Å². The highest BCUT2D eigenvalue weighted by Crippen LogP contribution is 2.22. The molecule has 2 N–H and O–H groups in total. The summed E-state index contributed by atoms with van der Waals surface area (Å²) < 4.78 is 4.87. The number of hydrogen-bond acceptors (Lipinski definition) is 4. The maximum absolute atomic E-state index is 11.5. The monoisotopic (exact) mass is 267 g/mol. The van der Waals surface area contributed by atoms with Crippen molar-refractivity contribution in [3.63, 3.8) is 0 Å². The largest absolute Gasteiger partial charge is 0.383 e. The van der Waals surface area contributed by atoms with Crippen LogP contribution < -0.4 is 10.6 Å². The van der Waals surface area contributed by atoms with Crippen molar-refractivity contribution in [2.45, 2.75) is 44.6 Å². The van der Waals surface area contributed by atoms with Gasteiger partial charge in [-0.25, -0.2) is 0 Å². The van der Waals surface area contributed by atoms with Crippen LogP contribution in [0.2, 0.25) is 0 Å². The Hall–Kier alpha value is -1.12. The van der Waals surface area contributed by atoms with Crippen molar-refractivity contribution < 1.29 is 9.53 Å². The molecule has 5 heteroatoms. The molecule has 0 aromatic heterocycles. The fraction of sp³-hybridized carbons (Fsp3) is 0.857. The van der Waals surface area contributed by atoms with Crippen LogP contribution in [-0.2, 0) is 9.53 Å². The fourth-order valence-electron chi connectivity index (χ4n) is 2.46. The van der Waals surface area contributed by atoms with Gasteiger partial charge in [-0.15, -0.1) is 0 Å². The number of nitriles is 1. The predicted molar refractivity (Wildman–Crippen MR) is 73.5 cm³/mol. The first kappa shape index (κ1) is 15.9. The van der Waals surface area contributed by atoms with Gasteiger partial charge >= 0.3 is 0 Å². The van der Waals surface area contributed by atoms with Crippen molar-refractivity contribution in [3.05, 3.63) is 0 Å². The van der Waals surface area contributed by atoms with Gasteiger partial charge in [0.15, 0.2) is 0 Å². The minimum absolute atomic E-state index is 0.0340. The van der Waals surface area contributed by atoms with Gasteiger partial charge in [-0.2, -0.15) is 5.26 Å². The first-order valence-electron chi connectivity index (χ1n) is 7.16. The number of amides is 1. The maximum atomic E-state index is 11.5. The van der Waals surface area contributed by atoms with Crippen LogP contribution in [0.5, 0.6) is 0 Å². The molecule has 1 rings (SSSR count). The number of methoxy groups -OCH3 is 1. The summed E-state index contributed by atoms with van der Waals surface area (Å²) in [4.78, 5) is 11.5. The van der Waals surface area contributed by atoms with Gasteiger partial charge in [-0.1, -0.05) is 19.3 Å². The zero-order valence-electron chi connectivity index (χ0n) is 11.8. The van der Waals surface area contributed by atoms with Crippen LogP contribution in [0.25, 0.3) is 0 Å². The average molecular weight is 267 g/mol. The van der Waals surface area contributed by atoms with E-state index in [9.17, 15) is 4.79 Å². The van der Waals surface area contributed by atoms with Crippen molar-refractivity contribution in [1.29, 1.82) is 5.26 Å². The molecule has 2 atom stereocenters. The standard InChI is InChI=1S/C14H25N3O2/c1-19-10-9-17-14(18)7-8-16-13-6-4-2-3-5-12(13)11-15/h12-13,16H,2-10H2,1H3,(H,17,18). The number of nitrogens with one attached hydrogen (secondary N) is 2. The molecule has 0 aromatic rings. The molecule has 0 radical (unpaired) electrons. The lowest BCUT2D eigenvalue weighted by molar-refractivity contribution is -0.121. The number of ether oxygens (including phenoxy) is 1. The molecule has 0 aliphatic heterocycles. The van der Waals surface area contributed by atoms with Gasteiger partial charge in [0, 0.05) is 32.7 Å². The SMILES string of the molecule is COCCNC(=O)CCNC1CCCCCC1C#N.